The molecule has 0 aliphatic carbocycles. The molecule has 1 aliphatic rings. The first-order valence-electron chi connectivity index (χ1n) is 8.76. The van der Waals surface area contributed by atoms with Crippen LogP contribution >= 0.6 is 0 Å². The van der Waals surface area contributed by atoms with E-state index in [-0.39, 0.29) is 24.1 Å². The van der Waals surface area contributed by atoms with E-state index in [4.69, 9.17) is 0 Å². The Bertz CT molecular complexity index is 702. The number of rotatable bonds is 4. The van der Waals surface area contributed by atoms with Crippen molar-refractivity contribution in [3.63, 3.8) is 0 Å². The zero-order chi connectivity index (χ0) is 17.1. The summed E-state index contributed by atoms with van der Waals surface area (Å²) in [5, 5.41) is 15.1. The molecule has 2 N–H and O–H groups in total. The Balaban J connectivity index is 1.69. The first-order valence-corrected chi connectivity index (χ1v) is 8.76. The Morgan fingerprint density at radius 2 is 1.79 bits per heavy atom. The second kappa shape index (κ2) is 7.32. The largest absolute Gasteiger partial charge is 0.393 e. The predicted octanol–water partition coefficient (Wildman–Crippen LogP) is 2.86. The van der Waals surface area contributed by atoms with E-state index in [0.29, 0.717) is 0 Å². The third-order valence-corrected chi connectivity index (χ3v) is 5.07. The maximum absolute atomic E-state index is 12.6. The molecule has 4 heteroatoms. The van der Waals surface area contributed by atoms with Gasteiger partial charge in [-0.2, -0.15) is 0 Å². The van der Waals surface area contributed by atoms with Gasteiger partial charge in [0.1, 0.15) is 0 Å². The number of likely N-dealkylation sites (tertiary alicyclic amines) is 1. The molecule has 1 amide bonds. The predicted molar refractivity (Wildman–Crippen MR) is 96.8 cm³/mol. The maximum Gasteiger partial charge on any atom is 0.237 e. The molecule has 1 heterocycles. The van der Waals surface area contributed by atoms with Gasteiger partial charge >= 0.3 is 0 Å². The number of aliphatic hydroxyl groups excluding tert-OH is 1. The zero-order valence-electron chi connectivity index (χ0n) is 14.4. The van der Waals surface area contributed by atoms with E-state index in [1.807, 2.05) is 32.0 Å². The number of benzene rings is 2. The molecular weight excluding hydrogens is 300 g/mol. The van der Waals surface area contributed by atoms with Gasteiger partial charge in [-0.15, -0.1) is 0 Å². The van der Waals surface area contributed by atoms with E-state index in [1.165, 1.54) is 10.8 Å². The van der Waals surface area contributed by atoms with Crippen molar-refractivity contribution in [1.29, 1.82) is 0 Å². The molecular formula is C20H26N2O2. The summed E-state index contributed by atoms with van der Waals surface area (Å²) in [6.07, 6.45) is 1.28. The number of carbonyl (C=O) groups excluding carboxylic acids is 1. The van der Waals surface area contributed by atoms with Crippen LogP contribution in [0, 0.1) is 0 Å². The van der Waals surface area contributed by atoms with Crippen LogP contribution in [0.1, 0.15) is 38.3 Å². The fourth-order valence-corrected chi connectivity index (χ4v) is 3.48. The molecule has 1 fully saturated rings. The van der Waals surface area contributed by atoms with Crippen LogP contribution in [0.2, 0.25) is 0 Å². The standard InChI is InChI=1S/C20H26N2O2/c1-14(18-9-5-7-16-6-3-4-8-19(16)18)21-20(24)15(2)22-12-10-17(23)11-13-22/h3-9,14-15,17,23H,10-13H2,1-2H3,(H,21,24). The van der Waals surface area contributed by atoms with Gasteiger partial charge in [-0.05, 0) is 43.0 Å². The molecule has 2 aromatic rings. The minimum Gasteiger partial charge on any atom is -0.393 e. The Hall–Kier alpha value is -1.91. The number of fused-ring (bicyclic) bond motifs is 1. The summed E-state index contributed by atoms with van der Waals surface area (Å²) < 4.78 is 0. The van der Waals surface area contributed by atoms with Gasteiger partial charge in [0.2, 0.25) is 5.91 Å². The summed E-state index contributed by atoms with van der Waals surface area (Å²) >= 11 is 0. The lowest BCUT2D eigenvalue weighted by molar-refractivity contribution is -0.127. The second-order valence-corrected chi connectivity index (χ2v) is 6.74. The Morgan fingerprint density at radius 1 is 1.12 bits per heavy atom. The van der Waals surface area contributed by atoms with E-state index in [9.17, 15) is 9.90 Å². The molecule has 0 bridgehead atoms. The Morgan fingerprint density at radius 3 is 2.54 bits per heavy atom. The molecule has 2 unspecified atom stereocenters. The van der Waals surface area contributed by atoms with Crippen molar-refractivity contribution in [3.8, 4) is 0 Å². The summed E-state index contributed by atoms with van der Waals surface area (Å²) in [5.74, 6) is 0.0480. The van der Waals surface area contributed by atoms with Crippen LogP contribution in [0.15, 0.2) is 42.5 Å². The van der Waals surface area contributed by atoms with E-state index in [1.54, 1.807) is 0 Å². The highest BCUT2D eigenvalue weighted by Crippen LogP contribution is 2.24. The van der Waals surface area contributed by atoms with Crippen molar-refractivity contribution >= 4 is 16.7 Å². The smallest absolute Gasteiger partial charge is 0.237 e. The van der Waals surface area contributed by atoms with E-state index >= 15 is 0 Å². The number of hydrogen-bond donors (Lipinski definition) is 2. The first kappa shape index (κ1) is 16.9. The van der Waals surface area contributed by atoms with Crippen molar-refractivity contribution in [1.82, 2.24) is 10.2 Å². The fraction of sp³-hybridized carbons (Fsp3) is 0.450. The average Bonchev–Trinajstić information content (AvgIpc) is 2.61. The van der Waals surface area contributed by atoms with Crippen molar-refractivity contribution in [2.75, 3.05) is 13.1 Å². The van der Waals surface area contributed by atoms with Crippen LogP contribution in [0.4, 0.5) is 0 Å². The SMILES string of the molecule is CC(NC(=O)C(C)N1CCC(O)CC1)c1cccc2ccccc12. The first-order chi connectivity index (χ1) is 11.6. The van der Waals surface area contributed by atoms with Gasteiger partial charge in [0.25, 0.3) is 0 Å². The average molecular weight is 326 g/mol. The van der Waals surface area contributed by atoms with Crippen LogP contribution in [0.5, 0.6) is 0 Å². The van der Waals surface area contributed by atoms with Gasteiger partial charge in [-0.1, -0.05) is 42.5 Å². The molecule has 0 saturated carbocycles. The molecule has 2 aromatic carbocycles. The number of piperidine rings is 1. The summed E-state index contributed by atoms with van der Waals surface area (Å²) in [5.41, 5.74) is 1.14. The molecule has 1 saturated heterocycles. The molecule has 0 spiro atoms. The number of aliphatic hydroxyl groups is 1. The van der Waals surface area contributed by atoms with E-state index in [2.05, 4.69) is 34.5 Å². The molecule has 0 radical (unpaired) electrons. The monoisotopic (exact) mass is 326 g/mol. The van der Waals surface area contributed by atoms with Crippen molar-refractivity contribution < 1.29 is 9.90 Å². The lowest BCUT2D eigenvalue weighted by Crippen LogP contribution is -2.49. The van der Waals surface area contributed by atoms with Crippen molar-refractivity contribution in [2.45, 2.75) is 44.9 Å². The highest BCUT2D eigenvalue weighted by atomic mass is 16.3. The number of carbonyl (C=O) groups is 1. The highest BCUT2D eigenvalue weighted by molar-refractivity contribution is 5.87. The summed E-state index contributed by atoms with van der Waals surface area (Å²) in [6, 6.07) is 14.2. The third-order valence-electron chi connectivity index (χ3n) is 5.07. The minimum absolute atomic E-state index is 0.0403. The van der Waals surface area contributed by atoms with Crippen LogP contribution in [-0.4, -0.2) is 41.1 Å². The number of hydrogen-bond acceptors (Lipinski definition) is 3. The Labute approximate surface area is 143 Å². The van der Waals surface area contributed by atoms with Crippen molar-refractivity contribution in [3.05, 3.63) is 48.0 Å². The highest BCUT2D eigenvalue weighted by Gasteiger charge is 2.26. The van der Waals surface area contributed by atoms with Gasteiger partial charge in [0, 0.05) is 13.1 Å². The van der Waals surface area contributed by atoms with Crippen LogP contribution in [-0.2, 0) is 4.79 Å². The van der Waals surface area contributed by atoms with Crippen LogP contribution in [0.25, 0.3) is 10.8 Å². The molecule has 24 heavy (non-hydrogen) atoms. The fourth-order valence-electron chi connectivity index (χ4n) is 3.48. The quantitative estimate of drug-likeness (QED) is 0.908. The number of amides is 1. The van der Waals surface area contributed by atoms with Gasteiger partial charge in [0.05, 0.1) is 18.2 Å². The van der Waals surface area contributed by atoms with Gasteiger partial charge in [-0.25, -0.2) is 0 Å². The van der Waals surface area contributed by atoms with Crippen molar-refractivity contribution in [2.24, 2.45) is 0 Å². The molecule has 2 atom stereocenters. The van der Waals surface area contributed by atoms with E-state index < -0.39 is 0 Å². The normalized spacial score (nSPS) is 19.1. The Kier molecular flexibility index (Phi) is 5.17. The maximum atomic E-state index is 12.6. The molecule has 128 valence electrons. The van der Waals surface area contributed by atoms with Crippen LogP contribution < -0.4 is 5.32 Å². The lowest BCUT2D eigenvalue weighted by atomic mass is 9.99. The van der Waals surface area contributed by atoms with E-state index in [0.717, 1.165) is 31.5 Å². The third kappa shape index (κ3) is 3.60. The number of nitrogens with one attached hydrogen (secondary N) is 1. The molecule has 1 aliphatic heterocycles. The van der Waals surface area contributed by atoms with Gasteiger partial charge < -0.3 is 10.4 Å². The van der Waals surface area contributed by atoms with Gasteiger partial charge in [-0.3, -0.25) is 9.69 Å². The topological polar surface area (TPSA) is 52.6 Å². The lowest BCUT2D eigenvalue weighted by Gasteiger charge is -2.34. The minimum atomic E-state index is -0.217. The second-order valence-electron chi connectivity index (χ2n) is 6.74. The summed E-state index contributed by atoms with van der Waals surface area (Å²) in [6.45, 7) is 5.53. The van der Waals surface area contributed by atoms with Gasteiger partial charge in [0.15, 0.2) is 0 Å². The number of nitrogens with zero attached hydrogens (tertiary/aromatic N) is 1. The molecule has 0 aromatic heterocycles. The summed E-state index contributed by atoms with van der Waals surface area (Å²) in [4.78, 5) is 14.8. The molecule has 3 rings (SSSR count). The van der Waals surface area contributed by atoms with Crippen LogP contribution in [0.3, 0.4) is 0 Å². The molecule has 4 nitrogen and oxygen atoms in total. The zero-order valence-corrected chi connectivity index (χ0v) is 14.4. The summed E-state index contributed by atoms with van der Waals surface area (Å²) in [7, 11) is 0.